The van der Waals surface area contributed by atoms with Gasteiger partial charge in [0.2, 0.25) is 0 Å². The summed E-state index contributed by atoms with van der Waals surface area (Å²) < 4.78 is 2.49. The van der Waals surface area contributed by atoms with E-state index < -0.39 is 0 Å². The van der Waals surface area contributed by atoms with E-state index in [1.165, 1.54) is 11.0 Å². The number of aryl methyl sites for hydroxylation is 1. The maximum atomic E-state index is 4.29. The predicted molar refractivity (Wildman–Crippen MR) is 49.4 cm³/mol. The highest BCUT2D eigenvalue weighted by atomic mass is 79.9. The van der Waals surface area contributed by atoms with Crippen molar-refractivity contribution in [1.29, 1.82) is 0 Å². The molecule has 2 aromatic rings. The molecule has 6 heteroatoms. The first kappa shape index (κ1) is 8.31. The summed E-state index contributed by atoms with van der Waals surface area (Å²) in [5, 5.41) is 10.8. The van der Waals surface area contributed by atoms with Gasteiger partial charge in [-0.15, -0.1) is 5.10 Å². The first-order chi connectivity index (χ1) is 6.27. The Kier molecular flexibility index (Phi) is 2.05. The lowest BCUT2D eigenvalue weighted by atomic mass is 10.4. The van der Waals surface area contributed by atoms with E-state index in [1.54, 1.807) is 0 Å². The van der Waals surface area contributed by atoms with Gasteiger partial charge in [-0.2, -0.15) is 4.68 Å². The molecule has 0 saturated carbocycles. The first-order valence-electron chi connectivity index (χ1n) is 3.64. The Morgan fingerprint density at radius 1 is 1.38 bits per heavy atom. The molecule has 0 atom stereocenters. The van der Waals surface area contributed by atoms with Gasteiger partial charge in [0.15, 0.2) is 5.82 Å². The van der Waals surface area contributed by atoms with Gasteiger partial charge in [-0.25, -0.2) is 4.98 Å². The smallest absolute Gasteiger partial charge is 0.157 e. The number of hydrogen-bond acceptors (Lipinski definition) is 4. The van der Waals surface area contributed by atoms with Gasteiger partial charge in [0.05, 0.1) is 5.69 Å². The quantitative estimate of drug-likeness (QED) is 0.749. The van der Waals surface area contributed by atoms with Crippen LogP contribution in [-0.2, 0) is 0 Å². The van der Waals surface area contributed by atoms with E-state index in [0.29, 0.717) is 5.82 Å². The van der Waals surface area contributed by atoms with Gasteiger partial charge in [0.25, 0.3) is 0 Å². The molecular weight excluding hydrogens is 234 g/mol. The van der Waals surface area contributed by atoms with E-state index in [2.05, 4.69) is 36.4 Å². The van der Waals surface area contributed by atoms with Crippen LogP contribution in [0.5, 0.6) is 0 Å². The summed E-state index contributed by atoms with van der Waals surface area (Å²) in [4.78, 5) is 4.29. The van der Waals surface area contributed by atoms with Crippen molar-refractivity contribution in [1.82, 2.24) is 25.2 Å². The van der Waals surface area contributed by atoms with Gasteiger partial charge in [-0.1, -0.05) is 0 Å². The van der Waals surface area contributed by atoms with Crippen LogP contribution >= 0.6 is 15.9 Å². The monoisotopic (exact) mass is 239 g/mol. The average molecular weight is 240 g/mol. The Labute approximate surface area is 82.9 Å². The summed E-state index contributed by atoms with van der Waals surface area (Å²) in [5.41, 5.74) is 0.910. The van der Waals surface area contributed by atoms with E-state index in [-0.39, 0.29) is 0 Å². The Morgan fingerprint density at radius 3 is 2.85 bits per heavy atom. The molecular formula is C7H6BrN5. The topological polar surface area (TPSA) is 56.5 Å². The van der Waals surface area contributed by atoms with Crippen molar-refractivity contribution < 1.29 is 0 Å². The molecule has 13 heavy (non-hydrogen) atoms. The fraction of sp³-hybridized carbons (Fsp3) is 0.143. The van der Waals surface area contributed by atoms with Crippen LogP contribution in [0.4, 0.5) is 0 Å². The van der Waals surface area contributed by atoms with E-state index in [4.69, 9.17) is 0 Å². The number of halogens is 1. The van der Waals surface area contributed by atoms with Crippen LogP contribution in [0.3, 0.4) is 0 Å². The van der Waals surface area contributed by atoms with E-state index in [9.17, 15) is 0 Å². The zero-order valence-corrected chi connectivity index (χ0v) is 8.43. The van der Waals surface area contributed by atoms with Crippen LogP contribution < -0.4 is 0 Å². The number of tetrazole rings is 1. The molecule has 66 valence electrons. The fourth-order valence-electron chi connectivity index (χ4n) is 0.925. The van der Waals surface area contributed by atoms with E-state index in [0.717, 1.165) is 10.2 Å². The summed E-state index contributed by atoms with van der Waals surface area (Å²) in [5.74, 6) is 0.714. The SMILES string of the molecule is Cc1nc(-n2cnnn2)ccc1Br. The molecule has 0 amide bonds. The van der Waals surface area contributed by atoms with Crippen LogP contribution in [0.15, 0.2) is 22.9 Å². The molecule has 5 nitrogen and oxygen atoms in total. The highest BCUT2D eigenvalue weighted by molar-refractivity contribution is 9.10. The summed E-state index contributed by atoms with van der Waals surface area (Å²) >= 11 is 3.37. The Morgan fingerprint density at radius 2 is 2.23 bits per heavy atom. The molecule has 0 unspecified atom stereocenters. The highest BCUT2D eigenvalue weighted by Gasteiger charge is 2.01. The molecule has 0 aliphatic carbocycles. The zero-order valence-electron chi connectivity index (χ0n) is 6.85. The molecule has 0 radical (unpaired) electrons. The van der Waals surface area contributed by atoms with Gasteiger partial charge < -0.3 is 0 Å². The predicted octanol–water partition coefficient (Wildman–Crippen LogP) is 1.13. The molecule has 0 aromatic carbocycles. The van der Waals surface area contributed by atoms with Crippen molar-refractivity contribution in [3.8, 4) is 5.82 Å². The molecule has 0 N–H and O–H groups in total. The van der Waals surface area contributed by atoms with Gasteiger partial charge >= 0.3 is 0 Å². The van der Waals surface area contributed by atoms with Gasteiger partial charge in [-0.05, 0) is 45.4 Å². The van der Waals surface area contributed by atoms with Crippen LogP contribution in [0, 0.1) is 6.92 Å². The Balaban J connectivity index is 2.49. The van der Waals surface area contributed by atoms with Crippen molar-refractivity contribution in [2.45, 2.75) is 6.92 Å². The highest BCUT2D eigenvalue weighted by Crippen LogP contribution is 2.14. The molecule has 2 rings (SSSR count). The van der Waals surface area contributed by atoms with Gasteiger partial charge in [-0.3, -0.25) is 0 Å². The standard InChI is InChI=1S/C7H6BrN5/c1-5-6(8)2-3-7(10-5)13-4-9-11-12-13/h2-4H,1H3. The number of aromatic nitrogens is 5. The second kappa shape index (κ2) is 3.21. The van der Waals surface area contributed by atoms with Gasteiger partial charge in [0.1, 0.15) is 6.33 Å². The van der Waals surface area contributed by atoms with E-state index >= 15 is 0 Å². The fourth-order valence-corrected chi connectivity index (χ4v) is 1.15. The third-order valence-corrected chi connectivity index (χ3v) is 2.43. The molecule has 0 fully saturated rings. The average Bonchev–Trinajstić information content (AvgIpc) is 2.62. The summed E-state index contributed by atoms with van der Waals surface area (Å²) in [6.07, 6.45) is 1.51. The summed E-state index contributed by atoms with van der Waals surface area (Å²) in [6, 6.07) is 3.76. The minimum Gasteiger partial charge on any atom is -0.233 e. The maximum Gasteiger partial charge on any atom is 0.157 e. The Bertz CT molecular complexity index is 411. The van der Waals surface area contributed by atoms with Crippen molar-refractivity contribution in [3.05, 3.63) is 28.6 Å². The lowest BCUT2D eigenvalue weighted by Crippen LogP contribution is -1.99. The third kappa shape index (κ3) is 1.57. The van der Waals surface area contributed by atoms with Crippen molar-refractivity contribution in [3.63, 3.8) is 0 Å². The Hall–Kier alpha value is -1.30. The number of nitrogens with zero attached hydrogens (tertiary/aromatic N) is 5. The minimum absolute atomic E-state index is 0.714. The summed E-state index contributed by atoms with van der Waals surface area (Å²) in [7, 11) is 0. The second-order valence-corrected chi connectivity index (χ2v) is 3.35. The summed E-state index contributed by atoms with van der Waals surface area (Å²) in [6.45, 7) is 1.91. The van der Waals surface area contributed by atoms with Gasteiger partial charge in [0, 0.05) is 4.47 Å². The third-order valence-electron chi connectivity index (χ3n) is 1.59. The second-order valence-electron chi connectivity index (χ2n) is 2.49. The van der Waals surface area contributed by atoms with Crippen LogP contribution in [-0.4, -0.2) is 25.2 Å². The number of pyridine rings is 1. The normalized spacial score (nSPS) is 10.3. The lowest BCUT2D eigenvalue weighted by molar-refractivity contribution is 0.767. The zero-order chi connectivity index (χ0) is 9.26. The first-order valence-corrected chi connectivity index (χ1v) is 4.43. The molecule has 0 aliphatic heterocycles. The molecule has 0 saturated heterocycles. The minimum atomic E-state index is 0.714. The van der Waals surface area contributed by atoms with Crippen LogP contribution in [0.25, 0.3) is 5.82 Å². The molecule has 2 aromatic heterocycles. The molecule has 0 spiro atoms. The van der Waals surface area contributed by atoms with Crippen molar-refractivity contribution in [2.75, 3.05) is 0 Å². The number of rotatable bonds is 1. The number of hydrogen-bond donors (Lipinski definition) is 0. The van der Waals surface area contributed by atoms with Crippen LogP contribution in [0.1, 0.15) is 5.69 Å². The van der Waals surface area contributed by atoms with Crippen molar-refractivity contribution in [2.24, 2.45) is 0 Å². The largest absolute Gasteiger partial charge is 0.233 e. The van der Waals surface area contributed by atoms with E-state index in [1.807, 2.05) is 19.1 Å². The molecule has 0 bridgehead atoms. The van der Waals surface area contributed by atoms with Crippen molar-refractivity contribution >= 4 is 15.9 Å². The van der Waals surface area contributed by atoms with Crippen LogP contribution in [0.2, 0.25) is 0 Å². The lowest BCUT2D eigenvalue weighted by Gasteiger charge is -2.00. The maximum absolute atomic E-state index is 4.29. The molecule has 2 heterocycles. The molecule has 0 aliphatic rings.